The van der Waals surface area contributed by atoms with Gasteiger partial charge in [0, 0.05) is 17.6 Å². The van der Waals surface area contributed by atoms with Gasteiger partial charge in [-0.1, -0.05) is 0 Å². The minimum atomic E-state index is -0.0454. The predicted octanol–water partition coefficient (Wildman–Crippen LogP) is 1.96. The second kappa shape index (κ2) is 6.06. The van der Waals surface area contributed by atoms with Gasteiger partial charge in [-0.2, -0.15) is 0 Å². The Morgan fingerprint density at radius 1 is 1.21 bits per heavy atom. The van der Waals surface area contributed by atoms with Crippen molar-refractivity contribution in [2.45, 2.75) is 44.7 Å². The van der Waals surface area contributed by atoms with E-state index in [0.29, 0.717) is 11.6 Å². The zero-order chi connectivity index (χ0) is 13.8. The van der Waals surface area contributed by atoms with E-state index in [1.54, 1.807) is 25.1 Å². The zero-order valence-corrected chi connectivity index (χ0v) is 11.6. The topological polar surface area (TPSA) is 61.4 Å². The Morgan fingerprint density at radius 3 is 2.42 bits per heavy atom. The maximum Gasteiger partial charge on any atom is 0.251 e. The van der Waals surface area contributed by atoms with E-state index < -0.39 is 0 Å². The molecule has 0 bridgehead atoms. The standard InChI is InChI=1S/C15H22N2O2/c1-10-9-11(3-8-14(10)18)15(19)17-13-6-4-12(16-2)5-7-13/h3,8-9,12-13,16,18H,4-7H2,1-2H3,(H,17,19). The van der Waals surface area contributed by atoms with Gasteiger partial charge in [-0.25, -0.2) is 0 Å². The minimum Gasteiger partial charge on any atom is -0.508 e. The Morgan fingerprint density at radius 2 is 1.84 bits per heavy atom. The summed E-state index contributed by atoms with van der Waals surface area (Å²) >= 11 is 0. The van der Waals surface area contributed by atoms with Gasteiger partial charge in [-0.3, -0.25) is 4.79 Å². The number of phenols is 1. The molecule has 0 radical (unpaired) electrons. The highest BCUT2D eigenvalue weighted by molar-refractivity contribution is 5.94. The SMILES string of the molecule is CNC1CCC(NC(=O)c2ccc(O)c(C)c2)CC1. The number of phenolic OH excluding ortho intramolecular Hbond substituents is 1. The molecule has 0 aliphatic heterocycles. The molecule has 0 saturated heterocycles. The number of hydrogen-bond acceptors (Lipinski definition) is 3. The highest BCUT2D eigenvalue weighted by Crippen LogP contribution is 2.20. The first-order valence-electron chi connectivity index (χ1n) is 6.88. The molecule has 1 saturated carbocycles. The molecular weight excluding hydrogens is 240 g/mol. The average Bonchev–Trinajstić information content (AvgIpc) is 2.42. The number of carbonyl (C=O) groups excluding carboxylic acids is 1. The van der Waals surface area contributed by atoms with Crippen LogP contribution in [0, 0.1) is 6.92 Å². The Labute approximate surface area is 114 Å². The van der Waals surface area contributed by atoms with Crippen molar-refractivity contribution < 1.29 is 9.90 Å². The van der Waals surface area contributed by atoms with E-state index >= 15 is 0 Å². The molecule has 104 valence electrons. The lowest BCUT2D eigenvalue weighted by Crippen LogP contribution is -2.41. The number of amides is 1. The minimum absolute atomic E-state index is 0.0454. The van der Waals surface area contributed by atoms with Crippen LogP contribution in [0.3, 0.4) is 0 Å². The van der Waals surface area contributed by atoms with Crippen LogP contribution in [0.5, 0.6) is 5.75 Å². The predicted molar refractivity (Wildman–Crippen MR) is 75.4 cm³/mol. The summed E-state index contributed by atoms with van der Waals surface area (Å²) in [4.78, 5) is 12.1. The van der Waals surface area contributed by atoms with E-state index in [0.717, 1.165) is 31.2 Å². The van der Waals surface area contributed by atoms with Gasteiger partial charge in [0.15, 0.2) is 0 Å². The molecule has 1 aromatic carbocycles. The van der Waals surface area contributed by atoms with Crippen LogP contribution in [0.1, 0.15) is 41.6 Å². The van der Waals surface area contributed by atoms with Crippen molar-refractivity contribution in [3.8, 4) is 5.75 Å². The van der Waals surface area contributed by atoms with Crippen LogP contribution >= 0.6 is 0 Å². The van der Waals surface area contributed by atoms with Gasteiger partial charge in [-0.05, 0) is 63.4 Å². The van der Waals surface area contributed by atoms with E-state index in [1.807, 2.05) is 7.05 Å². The quantitative estimate of drug-likeness (QED) is 0.780. The fraction of sp³-hybridized carbons (Fsp3) is 0.533. The number of rotatable bonds is 3. The zero-order valence-electron chi connectivity index (χ0n) is 11.6. The third kappa shape index (κ3) is 3.47. The van der Waals surface area contributed by atoms with Crippen molar-refractivity contribution >= 4 is 5.91 Å². The number of nitrogens with one attached hydrogen (secondary N) is 2. The Kier molecular flexibility index (Phi) is 4.43. The molecule has 0 atom stereocenters. The number of benzene rings is 1. The summed E-state index contributed by atoms with van der Waals surface area (Å²) in [6.45, 7) is 1.80. The molecule has 1 fully saturated rings. The summed E-state index contributed by atoms with van der Waals surface area (Å²) in [5.41, 5.74) is 1.34. The van der Waals surface area contributed by atoms with Gasteiger partial charge in [0.2, 0.25) is 0 Å². The molecule has 2 rings (SSSR count). The van der Waals surface area contributed by atoms with Crippen LogP contribution in [0.4, 0.5) is 0 Å². The second-order valence-electron chi connectivity index (χ2n) is 5.31. The lowest BCUT2D eigenvalue weighted by molar-refractivity contribution is 0.0924. The summed E-state index contributed by atoms with van der Waals surface area (Å²) in [6, 6.07) is 5.82. The highest BCUT2D eigenvalue weighted by Gasteiger charge is 2.21. The molecule has 0 aromatic heterocycles. The Balaban J connectivity index is 1.92. The van der Waals surface area contributed by atoms with E-state index in [2.05, 4.69) is 10.6 Å². The van der Waals surface area contributed by atoms with Crippen LogP contribution < -0.4 is 10.6 Å². The normalized spacial score (nSPS) is 23.1. The van der Waals surface area contributed by atoms with Crippen molar-refractivity contribution in [1.82, 2.24) is 10.6 Å². The summed E-state index contributed by atoms with van der Waals surface area (Å²) in [5.74, 6) is 0.182. The number of carbonyl (C=O) groups is 1. The Hall–Kier alpha value is -1.55. The van der Waals surface area contributed by atoms with E-state index in [4.69, 9.17) is 0 Å². The average molecular weight is 262 g/mol. The Bertz CT molecular complexity index is 451. The summed E-state index contributed by atoms with van der Waals surface area (Å²) < 4.78 is 0. The van der Waals surface area contributed by atoms with Crippen molar-refractivity contribution in [2.75, 3.05) is 7.05 Å². The van der Waals surface area contributed by atoms with Gasteiger partial charge in [0.1, 0.15) is 5.75 Å². The molecule has 0 unspecified atom stereocenters. The van der Waals surface area contributed by atoms with Crippen LogP contribution in [0.25, 0.3) is 0 Å². The number of aromatic hydroxyl groups is 1. The van der Waals surface area contributed by atoms with Gasteiger partial charge >= 0.3 is 0 Å². The number of aryl methyl sites for hydroxylation is 1. The molecule has 0 spiro atoms. The maximum atomic E-state index is 12.1. The molecule has 1 amide bonds. The fourth-order valence-electron chi connectivity index (χ4n) is 2.59. The van der Waals surface area contributed by atoms with E-state index in [-0.39, 0.29) is 17.7 Å². The van der Waals surface area contributed by atoms with Crippen LogP contribution in [0.15, 0.2) is 18.2 Å². The highest BCUT2D eigenvalue weighted by atomic mass is 16.3. The first kappa shape index (κ1) is 13.9. The lowest BCUT2D eigenvalue weighted by Gasteiger charge is -2.28. The van der Waals surface area contributed by atoms with Crippen molar-refractivity contribution in [3.05, 3.63) is 29.3 Å². The molecule has 3 N–H and O–H groups in total. The van der Waals surface area contributed by atoms with E-state index in [1.165, 1.54) is 0 Å². The smallest absolute Gasteiger partial charge is 0.251 e. The third-order valence-electron chi connectivity index (χ3n) is 3.93. The monoisotopic (exact) mass is 262 g/mol. The van der Waals surface area contributed by atoms with Crippen LogP contribution in [-0.4, -0.2) is 30.1 Å². The third-order valence-corrected chi connectivity index (χ3v) is 3.93. The second-order valence-corrected chi connectivity index (χ2v) is 5.31. The summed E-state index contributed by atoms with van der Waals surface area (Å²) in [6.07, 6.45) is 4.26. The fourth-order valence-corrected chi connectivity index (χ4v) is 2.59. The molecule has 4 nitrogen and oxygen atoms in total. The summed E-state index contributed by atoms with van der Waals surface area (Å²) in [7, 11) is 1.99. The molecule has 1 aliphatic carbocycles. The molecular formula is C15H22N2O2. The van der Waals surface area contributed by atoms with Gasteiger partial charge in [0.05, 0.1) is 0 Å². The van der Waals surface area contributed by atoms with Crippen LogP contribution in [-0.2, 0) is 0 Å². The van der Waals surface area contributed by atoms with Gasteiger partial charge in [0.25, 0.3) is 5.91 Å². The molecule has 0 heterocycles. The van der Waals surface area contributed by atoms with E-state index in [9.17, 15) is 9.90 Å². The molecule has 1 aromatic rings. The molecule has 4 heteroatoms. The first-order chi connectivity index (χ1) is 9.10. The van der Waals surface area contributed by atoms with Crippen molar-refractivity contribution in [1.29, 1.82) is 0 Å². The molecule has 19 heavy (non-hydrogen) atoms. The van der Waals surface area contributed by atoms with Gasteiger partial charge < -0.3 is 15.7 Å². The number of hydrogen-bond donors (Lipinski definition) is 3. The lowest BCUT2D eigenvalue weighted by atomic mass is 9.91. The van der Waals surface area contributed by atoms with Crippen LogP contribution in [0.2, 0.25) is 0 Å². The summed E-state index contributed by atoms with van der Waals surface area (Å²) in [5, 5.41) is 15.8. The largest absolute Gasteiger partial charge is 0.508 e. The first-order valence-corrected chi connectivity index (χ1v) is 6.88. The van der Waals surface area contributed by atoms with Gasteiger partial charge in [-0.15, -0.1) is 0 Å². The molecule has 1 aliphatic rings. The maximum absolute atomic E-state index is 12.1. The van der Waals surface area contributed by atoms with Crippen molar-refractivity contribution in [2.24, 2.45) is 0 Å². The van der Waals surface area contributed by atoms with Crippen molar-refractivity contribution in [3.63, 3.8) is 0 Å².